The third-order valence-corrected chi connectivity index (χ3v) is 4.73. The molecule has 6 heteroatoms. The molecule has 0 aromatic heterocycles. The molecule has 0 saturated heterocycles. The number of rotatable bonds is 3. The van der Waals surface area contributed by atoms with Crippen LogP contribution in [0.4, 0.5) is 5.69 Å². The van der Waals surface area contributed by atoms with Crippen LogP contribution >= 0.6 is 0 Å². The van der Waals surface area contributed by atoms with Crippen molar-refractivity contribution < 1.29 is 9.53 Å². The van der Waals surface area contributed by atoms with Gasteiger partial charge in [0, 0.05) is 11.1 Å². The summed E-state index contributed by atoms with van der Waals surface area (Å²) >= 11 is 0. The molecule has 2 aromatic carbocycles. The second-order valence-electron chi connectivity index (χ2n) is 5.99. The fourth-order valence-corrected chi connectivity index (χ4v) is 3.60. The van der Waals surface area contributed by atoms with Crippen LogP contribution in [0.15, 0.2) is 71.0 Å². The lowest BCUT2D eigenvalue weighted by Crippen LogP contribution is -2.43. The van der Waals surface area contributed by atoms with E-state index in [9.17, 15) is 15.3 Å². The van der Waals surface area contributed by atoms with E-state index in [0.717, 1.165) is 0 Å². The van der Waals surface area contributed by atoms with Crippen LogP contribution in [0.25, 0.3) is 0 Å². The van der Waals surface area contributed by atoms with Gasteiger partial charge in [0.05, 0.1) is 11.8 Å². The molecule has 2 unspecified atom stereocenters. The quantitative estimate of drug-likeness (QED) is 0.863. The Morgan fingerprint density at radius 2 is 1.81 bits per heavy atom. The number of carbonyl (C=O) groups excluding carboxylic acids is 1. The topological polar surface area (TPSA) is 112 Å². The third kappa shape index (κ3) is 1.84. The first-order valence-corrected chi connectivity index (χ1v) is 7.90. The molecular weight excluding hydrogens is 328 g/mol. The molecular formula is C20H12N4O2. The molecule has 0 amide bonds. The number of nitriles is 2. The molecule has 0 saturated carbocycles. The van der Waals surface area contributed by atoms with Gasteiger partial charge in [-0.2, -0.15) is 10.5 Å². The largest absolute Gasteiger partial charge is 0.425 e. The predicted molar refractivity (Wildman–Crippen MR) is 93.0 cm³/mol. The average Bonchev–Trinajstić information content (AvgIpc) is 3.12. The van der Waals surface area contributed by atoms with Crippen LogP contribution in [-0.2, 0) is 10.2 Å². The highest BCUT2D eigenvalue weighted by atomic mass is 16.5. The number of benzene rings is 2. The summed E-state index contributed by atoms with van der Waals surface area (Å²) < 4.78 is 5.52. The van der Waals surface area contributed by atoms with E-state index in [2.05, 4.69) is 11.1 Å². The molecule has 0 radical (unpaired) electrons. The third-order valence-electron chi connectivity index (χ3n) is 4.73. The SMILES string of the molecule is N#CC1=C(N)OC2=Nc3ccccc3C21C(C#N)C(=O)c1ccccc1. The maximum Gasteiger partial charge on any atom is 0.215 e. The molecule has 4 rings (SSSR count). The number of fused-ring (bicyclic) bond motifs is 3. The lowest BCUT2D eigenvalue weighted by atomic mass is 9.65. The number of nitrogens with two attached hydrogens (primary N) is 1. The molecule has 0 fully saturated rings. The smallest absolute Gasteiger partial charge is 0.215 e. The molecule has 2 N–H and O–H groups in total. The Hall–Kier alpha value is -3.90. The van der Waals surface area contributed by atoms with Crippen LogP contribution in [0, 0.1) is 28.6 Å². The van der Waals surface area contributed by atoms with E-state index in [0.29, 0.717) is 16.8 Å². The minimum absolute atomic E-state index is 0.0389. The van der Waals surface area contributed by atoms with Gasteiger partial charge < -0.3 is 10.5 Å². The van der Waals surface area contributed by atoms with Gasteiger partial charge in [0.1, 0.15) is 23.0 Å². The summed E-state index contributed by atoms with van der Waals surface area (Å²) in [4.78, 5) is 17.6. The van der Waals surface area contributed by atoms with Gasteiger partial charge in [-0.1, -0.05) is 48.5 Å². The zero-order chi connectivity index (χ0) is 18.3. The van der Waals surface area contributed by atoms with Gasteiger partial charge in [0.15, 0.2) is 5.78 Å². The highest BCUT2D eigenvalue weighted by Crippen LogP contribution is 2.54. The Morgan fingerprint density at radius 3 is 2.50 bits per heavy atom. The van der Waals surface area contributed by atoms with Gasteiger partial charge in [-0.05, 0) is 6.07 Å². The number of ether oxygens (including phenoxy) is 1. The van der Waals surface area contributed by atoms with Crippen molar-refractivity contribution in [2.45, 2.75) is 5.41 Å². The van der Waals surface area contributed by atoms with E-state index in [1.165, 1.54) is 0 Å². The van der Waals surface area contributed by atoms with E-state index in [4.69, 9.17) is 10.5 Å². The van der Waals surface area contributed by atoms with Crippen molar-refractivity contribution in [2.75, 3.05) is 0 Å². The second kappa shape index (κ2) is 5.58. The number of para-hydroxylation sites is 1. The van der Waals surface area contributed by atoms with E-state index >= 15 is 0 Å². The Balaban J connectivity index is 1.99. The summed E-state index contributed by atoms with van der Waals surface area (Å²) in [5.41, 5.74) is 6.01. The summed E-state index contributed by atoms with van der Waals surface area (Å²) in [5, 5.41) is 19.7. The summed E-state index contributed by atoms with van der Waals surface area (Å²) in [5.74, 6) is -1.67. The van der Waals surface area contributed by atoms with Crippen LogP contribution < -0.4 is 5.73 Å². The standard InChI is InChI=1S/C20H12N4O2/c21-10-14(17(25)12-6-2-1-3-7-12)20-13-8-4-5-9-16(13)24-19(20)26-18(23)15(20)11-22/h1-9,14H,23H2. The lowest BCUT2D eigenvalue weighted by molar-refractivity contribution is 0.0928. The van der Waals surface area contributed by atoms with Crippen LogP contribution in [0.3, 0.4) is 0 Å². The molecule has 2 aliphatic rings. The van der Waals surface area contributed by atoms with E-state index in [1.54, 1.807) is 54.6 Å². The molecule has 124 valence electrons. The van der Waals surface area contributed by atoms with Crippen molar-refractivity contribution in [3.8, 4) is 12.1 Å². The number of hydrogen-bond acceptors (Lipinski definition) is 6. The maximum absolute atomic E-state index is 13.2. The van der Waals surface area contributed by atoms with Crippen molar-refractivity contribution in [1.29, 1.82) is 10.5 Å². The number of nitrogens with zero attached hydrogens (tertiary/aromatic N) is 3. The van der Waals surface area contributed by atoms with E-state index in [1.807, 2.05) is 6.07 Å². The predicted octanol–water partition coefficient (Wildman–Crippen LogP) is 2.71. The highest BCUT2D eigenvalue weighted by Gasteiger charge is 2.61. The van der Waals surface area contributed by atoms with Gasteiger partial charge in [-0.3, -0.25) is 4.79 Å². The molecule has 26 heavy (non-hydrogen) atoms. The lowest BCUT2D eigenvalue weighted by Gasteiger charge is -2.28. The van der Waals surface area contributed by atoms with E-state index in [-0.39, 0.29) is 17.4 Å². The summed E-state index contributed by atoms with van der Waals surface area (Å²) in [6.45, 7) is 0. The summed E-state index contributed by atoms with van der Waals surface area (Å²) in [6, 6.07) is 19.7. The van der Waals surface area contributed by atoms with Crippen molar-refractivity contribution in [2.24, 2.45) is 16.6 Å². The van der Waals surface area contributed by atoms with Gasteiger partial charge in [-0.15, -0.1) is 0 Å². The normalized spacial score (nSPS) is 20.9. The second-order valence-corrected chi connectivity index (χ2v) is 5.99. The zero-order valence-electron chi connectivity index (χ0n) is 13.5. The fourth-order valence-electron chi connectivity index (χ4n) is 3.60. The first-order valence-electron chi connectivity index (χ1n) is 7.90. The highest BCUT2D eigenvalue weighted by molar-refractivity contribution is 6.11. The molecule has 2 atom stereocenters. The van der Waals surface area contributed by atoms with Gasteiger partial charge >= 0.3 is 0 Å². The maximum atomic E-state index is 13.2. The van der Waals surface area contributed by atoms with Crippen molar-refractivity contribution in [1.82, 2.24) is 0 Å². The van der Waals surface area contributed by atoms with Crippen molar-refractivity contribution >= 4 is 17.4 Å². The van der Waals surface area contributed by atoms with Crippen LogP contribution in [0.1, 0.15) is 15.9 Å². The van der Waals surface area contributed by atoms with Gasteiger partial charge in [0.2, 0.25) is 11.8 Å². The average molecular weight is 340 g/mol. The summed E-state index contributed by atoms with van der Waals surface area (Å²) in [7, 11) is 0. The Labute approximate surface area is 149 Å². The van der Waals surface area contributed by atoms with Crippen LogP contribution in [0.5, 0.6) is 0 Å². The number of ketones is 1. The molecule has 2 aromatic rings. The minimum Gasteiger partial charge on any atom is -0.425 e. The number of carbonyl (C=O) groups is 1. The Kier molecular flexibility index (Phi) is 3.35. The first kappa shape index (κ1) is 15.6. The Bertz CT molecular complexity index is 1070. The molecule has 0 bridgehead atoms. The van der Waals surface area contributed by atoms with Crippen molar-refractivity contribution in [3.63, 3.8) is 0 Å². The molecule has 0 aliphatic carbocycles. The molecule has 2 heterocycles. The first-order chi connectivity index (χ1) is 12.6. The number of hydrogen-bond donors (Lipinski definition) is 1. The summed E-state index contributed by atoms with van der Waals surface area (Å²) in [6.07, 6.45) is 0. The molecule has 6 nitrogen and oxygen atoms in total. The monoisotopic (exact) mass is 340 g/mol. The van der Waals surface area contributed by atoms with E-state index < -0.39 is 17.1 Å². The van der Waals surface area contributed by atoms with Gasteiger partial charge in [0.25, 0.3) is 0 Å². The molecule has 2 aliphatic heterocycles. The van der Waals surface area contributed by atoms with Crippen LogP contribution in [-0.4, -0.2) is 11.7 Å². The zero-order valence-corrected chi connectivity index (χ0v) is 13.5. The van der Waals surface area contributed by atoms with Gasteiger partial charge in [-0.25, -0.2) is 4.99 Å². The minimum atomic E-state index is -1.42. The number of Topliss-reactive ketones (excluding diaryl/α,β-unsaturated/α-hetero) is 1. The number of aliphatic imine (C=N–C) groups is 1. The van der Waals surface area contributed by atoms with Crippen LogP contribution in [0.2, 0.25) is 0 Å². The van der Waals surface area contributed by atoms with Crippen molar-refractivity contribution in [3.05, 3.63) is 77.2 Å². The fraction of sp³-hybridized carbons (Fsp3) is 0.100. The Morgan fingerprint density at radius 1 is 1.12 bits per heavy atom. The molecule has 0 spiro atoms.